The predicted octanol–water partition coefficient (Wildman–Crippen LogP) is 4.29. The minimum atomic E-state index is 0.155. The van der Waals surface area contributed by atoms with Crippen LogP contribution >= 0.6 is 0 Å². The van der Waals surface area contributed by atoms with Gasteiger partial charge in [-0.05, 0) is 29.8 Å². The number of para-hydroxylation sites is 1. The maximum Gasteiger partial charge on any atom is 0.226 e. The molecule has 2 heterocycles. The van der Waals surface area contributed by atoms with Gasteiger partial charge < -0.3 is 4.74 Å². The molecule has 0 radical (unpaired) electrons. The molecule has 0 unspecified atom stereocenters. The minimum absolute atomic E-state index is 0.155. The largest absolute Gasteiger partial charge is 0.464 e. The number of benzene rings is 2. The number of fused-ring (bicyclic) bond motifs is 1. The Labute approximate surface area is 157 Å². The van der Waals surface area contributed by atoms with Crippen molar-refractivity contribution in [1.29, 1.82) is 0 Å². The lowest BCUT2D eigenvalue weighted by molar-refractivity contribution is 0.360. The average Bonchev–Trinajstić information content (AvgIpc) is 2.73. The smallest absolute Gasteiger partial charge is 0.226 e. The Morgan fingerprint density at radius 2 is 1.63 bits per heavy atom. The Kier molecular flexibility index (Phi) is 4.76. The Hall–Kier alpha value is -3.71. The molecule has 0 fully saturated rings. The Morgan fingerprint density at radius 3 is 2.48 bits per heavy atom. The number of aromatic nitrogens is 3. The number of nitrogens with zero attached hydrogens (tertiary/aromatic N) is 3. The molecule has 0 saturated heterocycles. The van der Waals surface area contributed by atoms with Gasteiger partial charge in [-0.15, -0.1) is 6.42 Å². The zero-order valence-corrected chi connectivity index (χ0v) is 14.7. The fourth-order valence-electron chi connectivity index (χ4n) is 2.89. The molecule has 27 heavy (non-hydrogen) atoms. The zero-order chi connectivity index (χ0) is 18.5. The summed E-state index contributed by atoms with van der Waals surface area (Å²) in [7, 11) is 0. The summed E-state index contributed by atoms with van der Waals surface area (Å²) in [4.78, 5) is 14.0. The van der Waals surface area contributed by atoms with E-state index in [1.54, 1.807) is 0 Å². The van der Waals surface area contributed by atoms with E-state index in [9.17, 15) is 0 Å². The average molecular weight is 351 g/mol. The molecule has 2 aromatic carbocycles. The minimum Gasteiger partial charge on any atom is -0.464 e. The van der Waals surface area contributed by atoms with Crippen LogP contribution in [-0.4, -0.2) is 21.6 Å². The lowest BCUT2D eigenvalue weighted by Crippen LogP contribution is -2.02. The van der Waals surface area contributed by atoms with E-state index < -0.39 is 0 Å². The van der Waals surface area contributed by atoms with Gasteiger partial charge in [0.1, 0.15) is 5.69 Å². The lowest BCUT2D eigenvalue weighted by Gasteiger charge is -2.09. The fraction of sp³-hybridized carbons (Fsp3) is 0.0870. The van der Waals surface area contributed by atoms with E-state index in [1.807, 2.05) is 60.7 Å². The number of hydrogen-bond acceptors (Lipinski definition) is 4. The molecule has 0 aliphatic heterocycles. The van der Waals surface area contributed by atoms with Crippen LogP contribution in [-0.2, 0) is 6.42 Å². The molecule has 0 aliphatic carbocycles. The first-order valence-corrected chi connectivity index (χ1v) is 8.67. The molecular weight excluding hydrogens is 334 g/mol. The normalized spacial score (nSPS) is 10.5. The van der Waals surface area contributed by atoms with Crippen LogP contribution in [0.5, 0.6) is 5.88 Å². The second kappa shape index (κ2) is 7.67. The first-order valence-electron chi connectivity index (χ1n) is 8.67. The zero-order valence-electron chi connectivity index (χ0n) is 14.7. The fourth-order valence-corrected chi connectivity index (χ4v) is 2.89. The maximum absolute atomic E-state index is 5.64. The topological polar surface area (TPSA) is 47.9 Å². The number of ether oxygens (including phenoxy) is 1. The molecule has 0 N–H and O–H groups in total. The molecule has 0 spiro atoms. The number of terminal acetylenes is 1. The Balaban J connectivity index is 1.73. The van der Waals surface area contributed by atoms with Gasteiger partial charge >= 0.3 is 0 Å². The highest BCUT2D eigenvalue weighted by atomic mass is 16.5. The summed E-state index contributed by atoms with van der Waals surface area (Å²) in [6.45, 7) is 0.155. The van der Waals surface area contributed by atoms with Gasteiger partial charge in [0.15, 0.2) is 12.4 Å². The highest BCUT2D eigenvalue weighted by Gasteiger charge is 2.11. The van der Waals surface area contributed by atoms with E-state index in [-0.39, 0.29) is 6.61 Å². The molecule has 4 aromatic rings. The molecule has 0 saturated carbocycles. The van der Waals surface area contributed by atoms with E-state index in [1.165, 1.54) is 5.56 Å². The van der Waals surface area contributed by atoms with Gasteiger partial charge in [-0.2, -0.15) is 4.98 Å². The van der Waals surface area contributed by atoms with Crippen molar-refractivity contribution < 1.29 is 4.74 Å². The second-order valence-electron chi connectivity index (χ2n) is 6.04. The highest BCUT2D eigenvalue weighted by Crippen LogP contribution is 2.26. The molecule has 130 valence electrons. The van der Waals surface area contributed by atoms with Gasteiger partial charge in [0.2, 0.25) is 5.88 Å². The van der Waals surface area contributed by atoms with Crippen LogP contribution in [0.3, 0.4) is 0 Å². The predicted molar refractivity (Wildman–Crippen MR) is 106 cm³/mol. The summed E-state index contributed by atoms with van der Waals surface area (Å²) < 4.78 is 5.64. The van der Waals surface area contributed by atoms with Gasteiger partial charge in [-0.25, -0.2) is 9.97 Å². The molecule has 4 heteroatoms. The monoisotopic (exact) mass is 351 g/mol. The summed E-state index contributed by atoms with van der Waals surface area (Å²) in [6, 6.07) is 23.8. The third-order valence-corrected chi connectivity index (χ3v) is 4.12. The van der Waals surface area contributed by atoms with Crippen LogP contribution in [0.1, 0.15) is 11.3 Å². The van der Waals surface area contributed by atoms with Crippen LogP contribution in [0.15, 0.2) is 72.8 Å². The molecule has 4 rings (SSSR count). The second-order valence-corrected chi connectivity index (χ2v) is 6.04. The van der Waals surface area contributed by atoms with Gasteiger partial charge in [0.25, 0.3) is 0 Å². The van der Waals surface area contributed by atoms with E-state index in [0.717, 1.165) is 23.0 Å². The summed E-state index contributed by atoms with van der Waals surface area (Å²) in [5.74, 6) is 3.48. The van der Waals surface area contributed by atoms with Gasteiger partial charge in [0.05, 0.1) is 10.9 Å². The molecule has 4 nitrogen and oxygen atoms in total. The van der Waals surface area contributed by atoms with E-state index >= 15 is 0 Å². The Morgan fingerprint density at radius 1 is 0.815 bits per heavy atom. The van der Waals surface area contributed by atoms with Crippen molar-refractivity contribution in [2.24, 2.45) is 0 Å². The van der Waals surface area contributed by atoms with Crippen molar-refractivity contribution in [2.45, 2.75) is 6.42 Å². The van der Waals surface area contributed by atoms with Crippen LogP contribution in [0.4, 0.5) is 0 Å². The van der Waals surface area contributed by atoms with Gasteiger partial charge in [-0.1, -0.05) is 54.5 Å². The third-order valence-electron chi connectivity index (χ3n) is 4.12. The standard InChI is InChI=1S/C23H17N3O/c1-2-15-27-23-19-12-6-7-13-20(19)25-22(26-23)21-14-8-11-18(24-21)16-17-9-4-3-5-10-17/h1,3-14H,15-16H2. The van der Waals surface area contributed by atoms with Crippen LogP contribution in [0.25, 0.3) is 22.4 Å². The summed E-state index contributed by atoms with van der Waals surface area (Å²) >= 11 is 0. The summed E-state index contributed by atoms with van der Waals surface area (Å²) in [5, 5.41) is 0.831. The molecule has 0 bridgehead atoms. The number of pyridine rings is 1. The van der Waals surface area contributed by atoms with Gasteiger partial charge in [-0.3, -0.25) is 0 Å². The SMILES string of the molecule is C#CCOc1nc(-c2cccc(Cc3ccccc3)n2)nc2ccccc12. The van der Waals surface area contributed by atoms with E-state index in [2.05, 4.69) is 28.0 Å². The molecular formula is C23H17N3O. The first kappa shape index (κ1) is 16.7. The lowest BCUT2D eigenvalue weighted by atomic mass is 10.1. The third kappa shape index (κ3) is 3.78. The van der Waals surface area contributed by atoms with Crippen molar-refractivity contribution in [3.8, 4) is 29.7 Å². The van der Waals surface area contributed by atoms with Crippen molar-refractivity contribution in [3.63, 3.8) is 0 Å². The van der Waals surface area contributed by atoms with Crippen molar-refractivity contribution in [2.75, 3.05) is 6.61 Å². The van der Waals surface area contributed by atoms with E-state index in [0.29, 0.717) is 17.4 Å². The first-order chi connectivity index (χ1) is 13.3. The summed E-state index contributed by atoms with van der Waals surface area (Å²) in [6.07, 6.45) is 6.08. The molecule has 0 aliphatic rings. The summed E-state index contributed by atoms with van der Waals surface area (Å²) in [5.41, 5.74) is 3.67. The van der Waals surface area contributed by atoms with Crippen LogP contribution in [0.2, 0.25) is 0 Å². The quantitative estimate of drug-likeness (QED) is 0.503. The Bertz CT molecular complexity index is 1120. The van der Waals surface area contributed by atoms with Crippen LogP contribution < -0.4 is 4.74 Å². The molecule has 0 amide bonds. The van der Waals surface area contributed by atoms with Crippen molar-refractivity contribution >= 4 is 10.9 Å². The molecule has 0 atom stereocenters. The van der Waals surface area contributed by atoms with E-state index in [4.69, 9.17) is 16.1 Å². The number of rotatable bonds is 5. The number of hydrogen-bond donors (Lipinski definition) is 0. The van der Waals surface area contributed by atoms with Crippen molar-refractivity contribution in [3.05, 3.63) is 84.1 Å². The van der Waals surface area contributed by atoms with Crippen LogP contribution in [0, 0.1) is 12.3 Å². The highest BCUT2D eigenvalue weighted by molar-refractivity contribution is 5.84. The van der Waals surface area contributed by atoms with Crippen molar-refractivity contribution in [1.82, 2.24) is 15.0 Å². The molecule has 2 aromatic heterocycles. The maximum atomic E-state index is 5.64. The van der Waals surface area contributed by atoms with Gasteiger partial charge in [0, 0.05) is 12.1 Å².